The second-order valence-electron chi connectivity index (χ2n) is 2.68. The van der Waals surface area contributed by atoms with Crippen LogP contribution in [0.5, 0.6) is 0 Å². The standard InChI is InChI=1S/C6H5F3N4S/c7-6(8,9)4-12-13-2-3(10)1-11-5(13)14-4/h1H,2,10H2. The minimum atomic E-state index is -4.42. The summed E-state index contributed by atoms with van der Waals surface area (Å²) in [5.74, 6) is 0. The quantitative estimate of drug-likeness (QED) is 0.667. The van der Waals surface area contributed by atoms with Gasteiger partial charge in [0.2, 0.25) is 5.04 Å². The molecule has 2 heterocycles. The van der Waals surface area contributed by atoms with Gasteiger partial charge in [-0.25, -0.2) is 10.0 Å². The molecule has 0 aromatic carbocycles. The maximum Gasteiger partial charge on any atom is 0.441 e. The van der Waals surface area contributed by atoms with Crippen LogP contribution < -0.4 is 5.73 Å². The third-order valence-electron chi connectivity index (χ3n) is 1.54. The van der Waals surface area contributed by atoms with Gasteiger partial charge in [-0.2, -0.15) is 18.3 Å². The number of thioether (sulfide) groups is 1. The number of rotatable bonds is 0. The second-order valence-corrected chi connectivity index (χ2v) is 3.63. The van der Waals surface area contributed by atoms with Gasteiger partial charge in [0.05, 0.1) is 12.7 Å². The molecule has 0 bridgehead atoms. The zero-order valence-corrected chi connectivity index (χ0v) is 7.56. The molecule has 0 radical (unpaired) electrons. The van der Waals surface area contributed by atoms with Crippen molar-refractivity contribution in [2.45, 2.75) is 6.18 Å². The molecular weight excluding hydrogens is 217 g/mol. The average Bonchev–Trinajstić information content (AvgIpc) is 2.45. The number of hydrogen-bond acceptors (Lipinski definition) is 5. The average molecular weight is 222 g/mol. The van der Waals surface area contributed by atoms with Crippen molar-refractivity contribution in [2.75, 3.05) is 6.54 Å². The number of nitrogens with two attached hydrogens (primary N) is 1. The predicted octanol–water partition coefficient (Wildman–Crippen LogP) is 1.08. The Bertz CT molecular complexity index is 357. The Morgan fingerprint density at radius 2 is 2.21 bits per heavy atom. The molecule has 0 fully saturated rings. The van der Waals surface area contributed by atoms with Gasteiger partial charge in [-0.05, 0) is 11.8 Å². The number of nitrogens with zero attached hydrogens (tertiary/aromatic N) is 3. The van der Waals surface area contributed by atoms with Crippen molar-refractivity contribution in [3.63, 3.8) is 0 Å². The minimum Gasteiger partial charge on any atom is -0.399 e. The van der Waals surface area contributed by atoms with E-state index < -0.39 is 11.2 Å². The fourth-order valence-electron chi connectivity index (χ4n) is 0.974. The van der Waals surface area contributed by atoms with Crippen molar-refractivity contribution in [3.8, 4) is 0 Å². The molecule has 4 nitrogen and oxygen atoms in total. The van der Waals surface area contributed by atoms with Crippen LogP contribution in [0.4, 0.5) is 13.2 Å². The lowest BCUT2D eigenvalue weighted by Gasteiger charge is -2.16. The number of amidine groups is 1. The smallest absolute Gasteiger partial charge is 0.399 e. The summed E-state index contributed by atoms with van der Waals surface area (Å²) in [6.45, 7) is 0.158. The van der Waals surface area contributed by atoms with Gasteiger partial charge >= 0.3 is 6.18 Å². The third-order valence-corrected chi connectivity index (χ3v) is 2.54. The Morgan fingerprint density at radius 3 is 2.86 bits per heavy atom. The number of alkyl halides is 3. The van der Waals surface area contributed by atoms with Crippen LogP contribution in [0, 0.1) is 0 Å². The summed E-state index contributed by atoms with van der Waals surface area (Å²) in [5, 5.41) is 3.82. The van der Waals surface area contributed by atoms with Gasteiger partial charge in [0.1, 0.15) is 0 Å². The maximum atomic E-state index is 12.2. The summed E-state index contributed by atoms with van der Waals surface area (Å²) < 4.78 is 36.6. The number of fused-ring (bicyclic) bond motifs is 1. The molecule has 0 saturated heterocycles. The van der Waals surface area contributed by atoms with Crippen molar-refractivity contribution in [1.82, 2.24) is 5.01 Å². The summed E-state index contributed by atoms with van der Waals surface area (Å²) in [4.78, 5) is 3.74. The fourth-order valence-corrected chi connectivity index (χ4v) is 1.72. The molecule has 14 heavy (non-hydrogen) atoms. The van der Waals surface area contributed by atoms with Crippen molar-refractivity contribution >= 4 is 22.0 Å². The predicted molar refractivity (Wildman–Crippen MR) is 47.5 cm³/mol. The molecule has 0 unspecified atom stereocenters. The molecule has 2 N–H and O–H groups in total. The van der Waals surface area contributed by atoms with E-state index in [-0.39, 0.29) is 11.7 Å². The van der Waals surface area contributed by atoms with Gasteiger partial charge in [0, 0.05) is 5.70 Å². The second kappa shape index (κ2) is 2.91. The van der Waals surface area contributed by atoms with E-state index in [1.807, 2.05) is 0 Å². The van der Waals surface area contributed by atoms with E-state index in [0.29, 0.717) is 17.5 Å². The molecule has 0 aliphatic carbocycles. The van der Waals surface area contributed by atoms with Gasteiger partial charge in [0.25, 0.3) is 0 Å². The highest BCUT2D eigenvalue weighted by molar-refractivity contribution is 8.27. The van der Waals surface area contributed by atoms with Gasteiger partial charge in [-0.1, -0.05) is 0 Å². The van der Waals surface area contributed by atoms with Crippen LogP contribution in [0.1, 0.15) is 0 Å². The van der Waals surface area contributed by atoms with Crippen LogP contribution in [0.25, 0.3) is 0 Å². The minimum absolute atomic E-state index is 0.158. The third kappa shape index (κ3) is 1.57. The Kier molecular flexibility index (Phi) is 1.95. The van der Waals surface area contributed by atoms with Gasteiger partial charge in [-0.3, -0.25) is 0 Å². The van der Waals surface area contributed by atoms with Crippen LogP contribution in [0.3, 0.4) is 0 Å². The fraction of sp³-hybridized carbons (Fsp3) is 0.333. The molecule has 0 spiro atoms. The Morgan fingerprint density at radius 1 is 1.50 bits per heavy atom. The summed E-state index contributed by atoms with van der Waals surface area (Å²) in [7, 11) is 0. The molecule has 0 aromatic heterocycles. The van der Waals surface area contributed by atoms with E-state index in [1.165, 1.54) is 6.20 Å². The van der Waals surface area contributed by atoms with Crippen molar-refractivity contribution < 1.29 is 13.2 Å². The molecule has 2 aliphatic heterocycles. The van der Waals surface area contributed by atoms with E-state index in [4.69, 9.17) is 5.73 Å². The Labute approximate surface area is 81.3 Å². The Balaban J connectivity index is 2.23. The lowest BCUT2D eigenvalue weighted by molar-refractivity contribution is -0.0560. The lowest BCUT2D eigenvalue weighted by atomic mass is 10.4. The molecular formula is C6H5F3N4S. The lowest BCUT2D eigenvalue weighted by Crippen LogP contribution is -2.27. The van der Waals surface area contributed by atoms with Crippen LogP contribution in [-0.4, -0.2) is 27.9 Å². The van der Waals surface area contributed by atoms with E-state index in [1.54, 1.807) is 0 Å². The first kappa shape index (κ1) is 9.38. The molecule has 0 atom stereocenters. The highest BCUT2D eigenvalue weighted by Crippen LogP contribution is 2.33. The first-order valence-electron chi connectivity index (χ1n) is 3.60. The molecule has 76 valence electrons. The van der Waals surface area contributed by atoms with Crippen LogP contribution in [-0.2, 0) is 0 Å². The van der Waals surface area contributed by atoms with Crippen molar-refractivity contribution in [1.29, 1.82) is 0 Å². The summed E-state index contributed by atoms with van der Waals surface area (Å²) in [5.41, 5.74) is 5.79. The number of aliphatic imine (C=N–C) groups is 1. The van der Waals surface area contributed by atoms with Gasteiger partial charge in [0.15, 0.2) is 5.17 Å². The maximum absolute atomic E-state index is 12.2. The molecule has 8 heteroatoms. The van der Waals surface area contributed by atoms with E-state index in [2.05, 4.69) is 10.1 Å². The van der Waals surface area contributed by atoms with Crippen LogP contribution in [0.2, 0.25) is 0 Å². The Hall–Kier alpha value is -1.18. The van der Waals surface area contributed by atoms with Gasteiger partial charge in [-0.15, -0.1) is 0 Å². The monoisotopic (exact) mass is 222 g/mol. The summed E-state index contributed by atoms with van der Waals surface area (Å²) in [6.07, 6.45) is -3.08. The molecule has 2 aliphatic rings. The summed E-state index contributed by atoms with van der Waals surface area (Å²) in [6, 6.07) is 0. The number of halogens is 3. The largest absolute Gasteiger partial charge is 0.441 e. The first-order valence-corrected chi connectivity index (χ1v) is 4.42. The van der Waals surface area contributed by atoms with Gasteiger partial charge < -0.3 is 5.73 Å². The zero-order valence-electron chi connectivity index (χ0n) is 6.75. The van der Waals surface area contributed by atoms with E-state index in [0.717, 1.165) is 5.01 Å². The zero-order chi connectivity index (χ0) is 10.3. The van der Waals surface area contributed by atoms with E-state index in [9.17, 15) is 13.2 Å². The number of hydrogen-bond donors (Lipinski definition) is 1. The molecule has 0 aromatic rings. The van der Waals surface area contributed by atoms with Crippen molar-refractivity contribution in [2.24, 2.45) is 15.8 Å². The topological polar surface area (TPSA) is 54.0 Å². The van der Waals surface area contributed by atoms with Crippen molar-refractivity contribution in [3.05, 3.63) is 11.9 Å². The highest BCUT2D eigenvalue weighted by atomic mass is 32.2. The first-order chi connectivity index (χ1) is 6.47. The summed E-state index contributed by atoms with van der Waals surface area (Å²) >= 11 is 0.504. The molecule has 2 rings (SSSR count). The highest BCUT2D eigenvalue weighted by Gasteiger charge is 2.43. The number of hydrazone groups is 1. The molecule has 0 amide bonds. The molecule has 0 saturated carbocycles. The SMILES string of the molecule is NC1=CN=C2SC(C(F)(F)F)=NN2C1. The van der Waals surface area contributed by atoms with E-state index >= 15 is 0 Å². The van der Waals surface area contributed by atoms with Crippen LogP contribution in [0.15, 0.2) is 22.0 Å². The van der Waals surface area contributed by atoms with Crippen LogP contribution >= 0.6 is 11.8 Å². The normalized spacial score (nSPS) is 21.4.